The van der Waals surface area contributed by atoms with Crippen LogP contribution < -0.4 is 0 Å². The molecule has 27 heavy (non-hydrogen) atoms. The fourth-order valence-corrected chi connectivity index (χ4v) is 4.41. The Morgan fingerprint density at radius 2 is 1.93 bits per heavy atom. The van der Waals surface area contributed by atoms with Gasteiger partial charge in [0, 0.05) is 6.54 Å². The molecule has 2 bridgehead atoms. The molecule has 144 valence electrons. The monoisotopic (exact) mass is 373 g/mol. The quantitative estimate of drug-likeness (QED) is 0.601. The molecule has 5 nitrogen and oxygen atoms in total. The van der Waals surface area contributed by atoms with Crippen molar-refractivity contribution in [2.24, 2.45) is 11.8 Å². The van der Waals surface area contributed by atoms with Crippen LogP contribution >= 0.6 is 0 Å². The van der Waals surface area contributed by atoms with Gasteiger partial charge in [-0.25, -0.2) is 4.39 Å². The van der Waals surface area contributed by atoms with E-state index in [1.807, 2.05) is 26.0 Å². The molecule has 4 rings (SSSR count). The van der Waals surface area contributed by atoms with E-state index >= 15 is 0 Å². The van der Waals surface area contributed by atoms with Crippen LogP contribution in [0.3, 0.4) is 0 Å². The summed E-state index contributed by atoms with van der Waals surface area (Å²) in [5, 5.41) is 0. The fourth-order valence-electron chi connectivity index (χ4n) is 4.41. The second kappa shape index (κ2) is 7.08. The molecule has 6 heteroatoms. The number of halogens is 1. The summed E-state index contributed by atoms with van der Waals surface area (Å²) in [6, 6.07) is 5.60. The molecular weight excluding hydrogens is 349 g/mol. The van der Waals surface area contributed by atoms with Crippen LogP contribution in [0.25, 0.3) is 0 Å². The summed E-state index contributed by atoms with van der Waals surface area (Å²) < 4.78 is 24.6. The first-order chi connectivity index (χ1) is 12.9. The lowest BCUT2D eigenvalue weighted by atomic mass is 9.90. The number of esters is 1. The highest BCUT2D eigenvalue weighted by Crippen LogP contribution is 2.42. The molecule has 2 saturated heterocycles. The van der Waals surface area contributed by atoms with E-state index in [0.717, 1.165) is 5.56 Å². The molecule has 3 aliphatic heterocycles. The predicted molar refractivity (Wildman–Crippen MR) is 96.1 cm³/mol. The smallest absolute Gasteiger partial charge is 0.311 e. The first-order valence-corrected chi connectivity index (χ1v) is 9.54. The number of likely N-dealkylation sites (tertiary alicyclic amines) is 1. The minimum atomic E-state index is -0.447. The Morgan fingerprint density at radius 1 is 1.19 bits per heavy atom. The van der Waals surface area contributed by atoms with Crippen molar-refractivity contribution in [3.63, 3.8) is 0 Å². The third-order valence-corrected chi connectivity index (χ3v) is 5.59. The van der Waals surface area contributed by atoms with Gasteiger partial charge in [-0.15, -0.1) is 0 Å². The zero-order valence-electron chi connectivity index (χ0n) is 15.5. The molecule has 0 N–H and O–H groups in total. The average molecular weight is 373 g/mol. The molecule has 0 saturated carbocycles. The molecule has 2 fully saturated rings. The highest BCUT2D eigenvalue weighted by Gasteiger charge is 2.48. The van der Waals surface area contributed by atoms with Crippen molar-refractivity contribution in [3.05, 3.63) is 47.8 Å². The standard InChI is InChI=1S/C21H24FNO4/c1-12(2)26-21(25)16-9-10-23(19(16)13-3-5-14(22)6-4-13)20(24)17-11-15-7-8-18(17)27-15/h3-8,12,15-19H,9-11H2,1-2H3/t15-,16-,17+,18+,19-/m1/s1. The number of carbonyl (C=O) groups is 2. The minimum absolute atomic E-state index is 0.000946. The number of hydrogen-bond acceptors (Lipinski definition) is 4. The number of rotatable bonds is 4. The van der Waals surface area contributed by atoms with Crippen LogP contribution in [-0.4, -0.2) is 41.6 Å². The van der Waals surface area contributed by atoms with Crippen molar-refractivity contribution in [2.45, 2.75) is 51.0 Å². The maximum atomic E-state index is 13.4. The van der Waals surface area contributed by atoms with Gasteiger partial charge in [-0.3, -0.25) is 9.59 Å². The topological polar surface area (TPSA) is 55.8 Å². The Morgan fingerprint density at radius 3 is 2.52 bits per heavy atom. The zero-order chi connectivity index (χ0) is 19.1. The molecule has 1 aromatic rings. The SMILES string of the molecule is CC(C)OC(=O)[C@@H]1CCN(C(=O)[C@H]2C[C@H]3C=C[C@@H]2O3)[C@@H]1c1ccc(F)cc1. The summed E-state index contributed by atoms with van der Waals surface area (Å²) in [6.07, 6.45) is 4.77. The van der Waals surface area contributed by atoms with Crippen LogP contribution in [-0.2, 0) is 19.1 Å². The Labute approximate surface area is 158 Å². The summed E-state index contributed by atoms with van der Waals surface area (Å²) >= 11 is 0. The van der Waals surface area contributed by atoms with E-state index in [9.17, 15) is 14.0 Å². The molecule has 0 unspecified atom stereocenters. The van der Waals surface area contributed by atoms with Gasteiger partial charge in [-0.05, 0) is 44.4 Å². The highest BCUT2D eigenvalue weighted by molar-refractivity contribution is 5.83. The highest BCUT2D eigenvalue weighted by atomic mass is 19.1. The molecule has 3 heterocycles. The summed E-state index contributed by atoms with van der Waals surface area (Å²) in [4.78, 5) is 27.7. The third kappa shape index (κ3) is 3.38. The first-order valence-electron chi connectivity index (χ1n) is 9.54. The molecule has 0 aliphatic carbocycles. The Balaban J connectivity index is 1.61. The maximum absolute atomic E-state index is 13.4. The number of amides is 1. The summed E-state index contributed by atoms with van der Waals surface area (Å²) in [6.45, 7) is 4.10. The van der Waals surface area contributed by atoms with Crippen molar-refractivity contribution in [2.75, 3.05) is 6.54 Å². The minimum Gasteiger partial charge on any atom is -0.463 e. The van der Waals surface area contributed by atoms with Gasteiger partial charge in [0.2, 0.25) is 5.91 Å². The van der Waals surface area contributed by atoms with Crippen molar-refractivity contribution in [1.82, 2.24) is 4.90 Å². The Hall–Kier alpha value is -2.21. The van der Waals surface area contributed by atoms with Crippen LogP contribution in [0.1, 0.15) is 38.3 Å². The Bertz CT molecular complexity index is 760. The average Bonchev–Trinajstić information content (AvgIpc) is 3.36. The zero-order valence-corrected chi connectivity index (χ0v) is 15.5. The van der Waals surface area contributed by atoms with E-state index in [1.54, 1.807) is 17.0 Å². The molecule has 0 spiro atoms. The van der Waals surface area contributed by atoms with E-state index in [-0.39, 0.29) is 41.9 Å². The second-order valence-electron chi connectivity index (χ2n) is 7.78. The van der Waals surface area contributed by atoms with E-state index in [2.05, 4.69) is 0 Å². The van der Waals surface area contributed by atoms with Gasteiger partial charge in [0.15, 0.2) is 0 Å². The van der Waals surface area contributed by atoms with Crippen molar-refractivity contribution in [3.8, 4) is 0 Å². The number of fused-ring (bicyclic) bond motifs is 2. The van der Waals surface area contributed by atoms with Crippen molar-refractivity contribution < 1.29 is 23.5 Å². The van der Waals surface area contributed by atoms with Gasteiger partial charge in [-0.2, -0.15) is 0 Å². The van der Waals surface area contributed by atoms with Crippen LogP contribution in [0.15, 0.2) is 36.4 Å². The largest absolute Gasteiger partial charge is 0.463 e. The summed E-state index contributed by atoms with van der Waals surface area (Å²) in [5.74, 6) is -1.32. The molecular formula is C21H24FNO4. The number of nitrogens with zero attached hydrogens (tertiary/aromatic N) is 1. The Kier molecular flexibility index (Phi) is 4.76. The molecule has 5 atom stereocenters. The number of hydrogen-bond donors (Lipinski definition) is 0. The lowest BCUT2D eigenvalue weighted by molar-refractivity contribution is -0.154. The number of carbonyl (C=O) groups excluding carboxylic acids is 2. The van der Waals surface area contributed by atoms with Gasteiger partial charge in [0.25, 0.3) is 0 Å². The van der Waals surface area contributed by atoms with Crippen LogP contribution in [0.5, 0.6) is 0 Å². The second-order valence-corrected chi connectivity index (χ2v) is 7.78. The van der Waals surface area contributed by atoms with Gasteiger partial charge < -0.3 is 14.4 Å². The van der Waals surface area contributed by atoms with Crippen LogP contribution in [0, 0.1) is 17.7 Å². The van der Waals surface area contributed by atoms with Crippen molar-refractivity contribution >= 4 is 11.9 Å². The van der Waals surface area contributed by atoms with Crippen molar-refractivity contribution in [1.29, 1.82) is 0 Å². The number of ether oxygens (including phenoxy) is 2. The molecule has 3 aliphatic rings. The van der Waals surface area contributed by atoms with Gasteiger partial charge >= 0.3 is 5.97 Å². The summed E-state index contributed by atoms with van der Waals surface area (Å²) in [5.41, 5.74) is 0.757. The molecule has 0 aromatic heterocycles. The van der Waals surface area contributed by atoms with E-state index < -0.39 is 12.0 Å². The van der Waals surface area contributed by atoms with Gasteiger partial charge in [-0.1, -0.05) is 24.3 Å². The lowest BCUT2D eigenvalue weighted by Crippen LogP contribution is -2.40. The van der Waals surface area contributed by atoms with E-state index in [1.165, 1.54) is 12.1 Å². The van der Waals surface area contributed by atoms with Crippen LogP contribution in [0.4, 0.5) is 4.39 Å². The van der Waals surface area contributed by atoms with Gasteiger partial charge in [0.05, 0.1) is 36.2 Å². The summed E-state index contributed by atoms with van der Waals surface area (Å²) in [7, 11) is 0. The predicted octanol–water partition coefficient (Wildman–Crippen LogP) is 3.01. The molecule has 1 amide bonds. The maximum Gasteiger partial charge on any atom is 0.311 e. The van der Waals surface area contributed by atoms with Crippen LogP contribution in [0.2, 0.25) is 0 Å². The van der Waals surface area contributed by atoms with E-state index in [4.69, 9.17) is 9.47 Å². The molecule has 1 aromatic carbocycles. The number of benzene rings is 1. The lowest BCUT2D eigenvalue weighted by Gasteiger charge is -2.31. The van der Waals surface area contributed by atoms with E-state index in [0.29, 0.717) is 19.4 Å². The third-order valence-electron chi connectivity index (χ3n) is 5.59. The van der Waals surface area contributed by atoms with Gasteiger partial charge in [0.1, 0.15) is 5.82 Å². The first kappa shape index (κ1) is 18.2. The molecule has 0 radical (unpaired) electrons. The normalized spacial score (nSPS) is 31.7. The fraction of sp³-hybridized carbons (Fsp3) is 0.524.